The largest absolute Gasteiger partial charge is 0.313 e. The summed E-state index contributed by atoms with van der Waals surface area (Å²) in [5, 5.41) is 3.61. The highest BCUT2D eigenvalue weighted by atomic mass is 79.9. The van der Waals surface area contributed by atoms with E-state index in [2.05, 4.69) is 38.4 Å². The Morgan fingerprint density at radius 2 is 2.31 bits per heavy atom. The minimum Gasteiger partial charge on any atom is -0.313 e. The second-order valence-corrected chi connectivity index (χ2v) is 5.44. The fraction of sp³-hybridized carbons (Fsp3) is 0.462. The van der Waals surface area contributed by atoms with Crippen LogP contribution in [0.3, 0.4) is 0 Å². The van der Waals surface area contributed by atoms with E-state index < -0.39 is 0 Å². The van der Waals surface area contributed by atoms with Crippen molar-refractivity contribution in [2.45, 2.75) is 25.3 Å². The van der Waals surface area contributed by atoms with Gasteiger partial charge in [-0.25, -0.2) is 4.98 Å². The highest BCUT2D eigenvalue weighted by Crippen LogP contribution is 2.35. The molecule has 1 aromatic heterocycles. The van der Waals surface area contributed by atoms with E-state index in [0.29, 0.717) is 6.04 Å². The van der Waals surface area contributed by atoms with Gasteiger partial charge < -0.3 is 5.32 Å². The molecule has 0 saturated carbocycles. The van der Waals surface area contributed by atoms with Crippen LogP contribution in [0.2, 0.25) is 0 Å². The molecule has 0 radical (unpaired) electrons. The Bertz CT molecular complexity index is 410. The zero-order valence-corrected chi connectivity index (χ0v) is 10.7. The molecule has 16 heavy (non-hydrogen) atoms. The summed E-state index contributed by atoms with van der Waals surface area (Å²) >= 11 is 3.37. The summed E-state index contributed by atoms with van der Waals surface area (Å²) in [5.74, 6) is 0.743. The molecule has 2 heterocycles. The Hall–Kier alpha value is -0.670. The van der Waals surface area contributed by atoms with Crippen molar-refractivity contribution in [1.82, 2.24) is 10.3 Å². The van der Waals surface area contributed by atoms with E-state index >= 15 is 0 Å². The van der Waals surface area contributed by atoms with Crippen LogP contribution in [0.15, 0.2) is 29.0 Å². The van der Waals surface area contributed by atoms with E-state index in [4.69, 9.17) is 0 Å². The molecule has 0 amide bonds. The number of nitrogens with zero attached hydrogens (tertiary/aromatic N) is 1. The number of nitrogens with one attached hydrogen (secondary N) is 1. The molecule has 2 aliphatic rings. The number of hydrogen-bond donors (Lipinski definition) is 1. The maximum atomic E-state index is 4.30. The van der Waals surface area contributed by atoms with Crippen LogP contribution in [0.4, 0.5) is 0 Å². The quantitative estimate of drug-likeness (QED) is 0.799. The van der Waals surface area contributed by atoms with Crippen LogP contribution < -0.4 is 5.32 Å². The van der Waals surface area contributed by atoms with Gasteiger partial charge in [-0.3, -0.25) is 0 Å². The van der Waals surface area contributed by atoms with Crippen molar-refractivity contribution >= 4 is 21.5 Å². The second kappa shape index (κ2) is 4.30. The normalized spacial score (nSPS) is 28.7. The summed E-state index contributed by atoms with van der Waals surface area (Å²) in [7, 11) is 0. The number of rotatable bonds is 1. The molecule has 3 heteroatoms. The number of aromatic nitrogens is 1. The maximum absolute atomic E-state index is 4.30. The highest BCUT2D eigenvalue weighted by molar-refractivity contribution is 9.10. The van der Waals surface area contributed by atoms with Gasteiger partial charge >= 0.3 is 0 Å². The molecule has 0 spiro atoms. The van der Waals surface area contributed by atoms with Crippen molar-refractivity contribution in [1.29, 1.82) is 0 Å². The van der Waals surface area contributed by atoms with Gasteiger partial charge in [0, 0.05) is 12.2 Å². The molecule has 2 nitrogen and oxygen atoms in total. The van der Waals surface area contributed by atoms with Crippen LogP contribution >= 0.6 is 15.9 Å². The smallest absolute Gasteiger partial charge is 0.106 e. The van der Waals surface area contributed by atoms with Gasteiger partial charge in [-0.1, -0.05) is 12.1 Å². The van der Waals surface area contributed by atoms with Gasteiger partial charge in [-0.05, 0) is 64.9 Å². The lowest BCUT2D eigenvalue weighted by Gasteiger charge is -2.25. The average Bonchev–Trinajstić information content (AvgIpc) is 2.73. The average molecular weight is 279 g/mol. The van der Waals surface area contributed by atoms with Gasteiger partial charge in [0.25, 0.3) is 0 Å². The Morgan fingerprint density at radius 1 is 1.38 bits per heavy atom. The third-order valence-electron chi connectivity index (χ3n) is 3.59. The zero-order chi connectivity index (χ0) is 11.0. The number of piperidine rings is 1. The summed E-state index contributed by atoms with van der Waals surface area (Å²) in [5.41, 5.74) is 2.74. The summed E-state index contributed by atoms with van der Waals surface area (Å²) < 4.78 is 0.908. The summed E-state index contributed by atoms with van der Waals surface area (Å²) in [6, 6.07) is 4.85. The SMILES string of the molecule is Brc1ccc(C2=C[C@@H]3CCCN[C@@H]3C2)cn1. The first kappa shape index (κ1) is 10.5. The molecule has 2 atom stereocenters. The van der Waals surface area contributed by atoms with Gasteiger partial charge in [-0.15, -0.1) is 0 Å². The fourth-order valence-corrected chi connectivity index (χ4v) is 2.98. The van der Waals surface area contributed by atoms with Gasteiger partial charge in [0.2, 0.25) is 0 Å². The van der Waals surface area contributed by atoms with E-state index in [0.717, 1.165) is 16.9 Å². The predicted molar refractivity (Wildman–Crippen MR) is 69.0 cm³/mol. The van der Waals surface area contributed by atoms with Gasteiger partial charge in [-0.2, -0.15) is 0 Å². The van der Waals surface area contributed by atoms with Crippen molar-refractivity contribution in [2.75, 3.05) is 6.54 Å². The Morgan fingerprint density at radius 3 is 3.06 bits per heavy atom. The highest BCUT2D eigenvalue weighted by Gasteiger charge is 2.29. The van der Waals surface area contributed by atoms with E-state index in [1.807, 2.05) is 12.3 Å². The lowest BCUT2D eigenvalue weighted by Crippen LogP contribution is -2.37. The number of hydrogen-bond acceptors (Lipinski definition) is 2. The van der Waals surface area contributed by atoms with E-state index in [1.54, 1.807) is 0 Å². The van der Waals surface area contributed by atoms with E-state index in [1.165, 1.54) is 30.5 Å². The van der Waals surface area contributed by atoms with Gasteiger partial charge in [0.1, 0.15) is 4.60 Å². The maximum Gasteiger partial charge on any atom is 0.106 e. The molecule has 84 valence electrons. The standard InChI is InChI=1S/C13H15BrN2/c14-13-4-3-10(8-16-13)11-6-9-2-1-5-15-12(9)7-11/h3-4,6,8-9,12,15H,1-2,5,7H2/t9-,12+/m0/s1. The van der Waals surface area contributed by atoms with E-state index in [9.17, 15) is 0 Å². The molecule has 0 bridgehead atoms. The van der Waals surface area contributed by atoms with Crippen molar-refractivity contribution < 1.29 is 0 Å². The summed E-state index contributed by atoms with van der Waals surface area (Å²) in [4.78, 5) is 4.30. The first-order valence-electron chi connectivity index (χ1n) is 5.89. The zero-order valence-electron chi connectivity index (χ0n) is 9.12. The van der Waals surface area contributed by atoms with Crippen LogP contribution in [0.5, 0.6) is 0 Å². The molecule has 1 aromatic rings. The molecule has 1 saturated heterocycles. The molecule has 0 unspecified atom stereocenters. The number of fused-ring (bicyclic) bond motifs is 1. The Kier molecular flexibility index (Phi) is 2.82. The Balaban J connectivity index is 1.83. The minimum atomic E-state index is 0.674. The first-order valence-corrected chi connectivity index (χ1v) is 6.68. The van der Waals surface area contributed by atoms with Crippen LogP contribution in [-0.2, 0) is 0 Å². The van der Waals surface area contributed by atoms with E-state index in [-0.39, 0.29) is 0 Å². The Labute approximate surface area is 104 Å². The van der Waals surface area contributed by atoms with Crippen molar-refractivity contribution in [3.8, 4) is 0 Å². The third kappa shape index (κ3) is 1.94. The number of pyridine rings is 1. The van der Waals surface area contributed by atoms with Crippen LogP contribution in [-0.4, -0.2) is 17.6 Å². The van der Waals surface area contributed by atoms with Crippen LogP contribution in [0.1, 0.15) is 24.8 Å². The molecule has 1 aliphatic heterocycles. The van der Waals surface area contributed by atoms with Crippen LogP contribution in [0.25, 0.3) is 5.57 Å². The summed E-state index contributed by atoms with van der Waals surface area (Å²) in [6.07, 6.45) is 8.22. The lowest BCUT2D eigenvalue weighted by molar-refractivity contribution is 0.348. The van der Waals surface area contributed by atoms with Crippen LogP contribution in [0, 0.1) is 5.92 Å². The minimum absolute atomic E-state index is 0.674. The molecule has 1 N–H and O–H groups in total. The molecular formula is C13H15BrN2. The van der Waals surface area contributed by atoms with Crippen molar-refractivity contribution in [3.63, 3.8) is 0 Å². The second-order valence-electron chi connectivity index (χ2n) is 4.63. The monoisotopic (exact) mass is 278 g/mol. The number of halogens is 1. The predicted octanol–water partition coefficient (Wildman–Crippen LogP) is 3.00. The first-order chi connectivity index (χ1) is 7.83. The fourth-order valence-electron chi connectivity index (χ4n) is 2.74. The van der Waals surface area contributed by atoms with Gasteiger partial charge in [0.05, 0.1) is 0 Å². The van der Waals surface area contributed by atoms with Crippen molar-refractivity contribution in [3.05, 3.63) is 34.6 Å². The van der Waals surface area contributed by atoms with Gasteiger partial charge in [0.15, 0.2) is 0 Å². The molecule has 1 fully saturated rings. The third-order valence-corrected chi connectivity index (χ3v) is 4.06. The molecule has 3 rings (SSSR count). The lowest BCUT2D eigenvalue weighted by atomic mass is 9.94. The molecule has 1 aliphatic carbocycles. The summed E-state index contributed by atoms with van der Waals surface area (Å²) in [6.45, 7) is 1.18. The molecular weight excluding hydrogens is 264 g/mol. The van der Waals surface area contributed by atoms with Crippen molar-refractivity contribution in [2.24, 2.45) is 5.92 Å². The topological polar surface area (TPSA) is 24.9 Å². The molecule has 0 aromatic carbocycles.